The summed E-state index contributed by atoms with van der Waals surface area (Å²) < 4.78 is 5.20. The summed E-state index contributed by atoms with van der Waals surface area (Å²) in [5.74, 6) is 0.329. The minimum Gasteiger partial charge on any atom is -0.459 e. The first kappa shape index (κ1) is 16.3. The lowest BCUT2D eigenvalue weighted by Crippen LogP contribution is -2.35. The van der Waals surface area contributed by atoms with Crippen LogP contribution in [-0.2, 0) is 6.54 Å². The molecule has 1 fully saturated rings. The second-order valence-corrected chi connectivity index (χ2v) is 6.30. The fourth-order valence-corrected chi connectivity index (χ4v) is 3.19. The molecule has 0 unspecified atom stereocenters. The Morgan fingerprint density at radius 3 is 2.65 bits per heavy atom. The van der Waals surface area contributed by atoms with Crippen molar-refractivity contribution in [3.8, 4) is 0 Å². The fraction of sp³-hybridized carbons (Fsp3) is 0.375. The molecule has 1 aliphatic heterocycles. The van der Waals surface area contributed by atoms with Gasteiger partial charge in [0.2, 0.25) is 0 Å². The van der Waals surface area contributed by atoms with Crippen LogP contribution in [0.3, 0.4) is 0 Å². The van der Waals surface area contributed by atoms with Gasteiger partial charge in [0.15, 0.2) is 5.76 Å². The molecule has 5 nitrogen and oxygen atoms in total. The normalized spacial score (nSPS) is 16.3. The SMILES string of the molecule is O=C(c1ccco1)N1CCCN(Cc2c(Cl)cncc2Cl)CC1. The van der Waals surface area contributed by atoms with Crippen molar-refractivity contribution in [2.75, 3.05) is 26.2 Å². The Balaban J connectivity index is 1.64. The quantitative estimate of drug-likeness (QED) is 0.849. The maximum atomic E-state index is 12.3. The van der Waals surface area contributed by atoms with E-state index in [4.69, 9.17) is 27.6 Å². The lowest BCUT2D eigenvalue weighted by molar-refractivity contribution is 0.0729. The highest BCUT2D eigenvalue weighted by Crippen LogP contribution is 2.25. The van der Waals surface area contributed by atoms with E-state index >= 15 is 0 Å². The molecule has 2 aromatic heterocycles. The molecule has 1 amide bonds. The summed E-state index contributed by atoms with van der Waals surface area (Å²) in [7, 11) is 0. The molecule has 122 valence electrons. The van der Waals surface area contributed by atoms with E-state index in [9.17, 15) is 4.79 Å². The van der Waals surface area contributed by atoms with Gasteiger partial charge >= 0.3 is 0 Å². The number of halogens is 2. The van der Waals surface area contributed by atoms with Gasteiger partial charge in [0.1, 0.15) is 0 Å². The zero-order valence-corrected chi connectivity index (χ0v) is 14.1. The number of amides is 1. The predicted octanol–water partition coefficient (Wildman–Crippen LogP) is 3.33. The minimum atomic E-state index is -0.0585. The highest BCUT2D eigenvalue weighted by Gasteiger charge is 2.22. The maximum Gasteiger partial charge on any atom is 0.289 e. The second-order valence-electron chi connectivity index (χ2n) is 5.48. The number of nitrogens with zero attached hydrogens (tertiary/aromatic N) is 3. The lowest BCUT2D eigenvalue weighted by Gasteiger charge is -2.22. The number of furan rings is 1. The Morgan fingerprint density at radius 1 is 1.17 bits per heavy atom. The molecule has 0 atom stereocenters. The van der Waals surface area contributed by atoms with Crippen LogP contribution < -0.4 is 0 Å². The van der Waals surface area contributed by atoms with E-state index in [0.29, 0.717) is 35.4 Å². The summed E-state index contributed by atoms with van der Waals surface area (Å²) in [5, 5.41) is 1.15. The van der Waals surface area contributed by atoms with E-state index in [1.54, 1.807) is 24.5 Å². The molecule has 0 spiro atoms. The van der Waals surface area contributed by atoms with Gasteiger partial charge in [-0.3, -0.25) is 14.7 Å². The molecule has 0 aromatic carbocycles. The van der Waals surface area contributed by atoms with Crippen LogP contribution >= 0.6 is 23.2 Å². The first-order valence-electron chi connectivity index (χ1n) is 7.48. The molecule has 1 saturated heterocycles. The molecule has 3 heterocycles. The van der Waals surface area contributed by atoms with E-state index < -0.39 is 0 Å². The highest BCUT2D eigenvalue weighted by atomic mass is 35.5. The van der Waals surface area contributed by atoms with Crippen LogP contribution in [0, 0.1) is 0 Å². The Hall–Kier alpha value is -1.56. The van der Waals surface area contributed by atoms with Gasteiger partial charge < -0.3 is 9.32 Å². The van der Waals surface area contributed by atoms with Crippen LogP contribution in [0.1, 0.15) is 22.5 Å². The van der Waals surface area contributed by atoms with Crippen molar-refractivity contribution in [2.45, 2.75) is 13.0 Å². The topological polar surface area (TPSA) is 49.6 Å². The average molecular weight is 354 g/mol. The van der Waals surface area contributed by atoms with Gasteiger partial charge in [0.05, 0.1) is 16.3 Å². The van der Waals surface area contributed by atoms with Crippen molar-refractivity contribution in [1.82, 2.24) is 14.8 Å². The van der Waals surface area contributed by atoms with Gasteiger partial charge in [0.25, 0.3) is 5.91 Å². The zero-order chi connectivity index (χ0) is 16.2. The summed E-state index contributed by atoms with van der Waals surface area (Å²) in [6, 6.07) is 3.42. The van der Waals surface area contributed by atoms with E-state index in [-0.39, 0.29) is 5.91 Å². The first-order valence-corrected chi connectivity index (χ1v) is 8.24. The fourth-order valence-electron chi connectivity index (χ4n) is 2.70. The number of hydrogen-bond donors (Lipinski definition) is 0. The van der Waals surface area contributed by atoms with E-state index in [2.05, 4.69) is 9.88 Å². The van der Waals surface area contributed by atoms with Gasteiger partial charge in [-0.05, 0) is 18.6 Å². The third kappa shape index (κ3) is 3.86. The van der Waals surface area contributed by atoms with Crippen molar-refractivity contribution >= 4 is 29.1 Å². The zero-order valence-electron chi connectivity index (χ0n) is 12.5. The molecule has 0 bridgehead atoms. The Morgan fingerprint density at radius 2 is 1.96 bits per heavy atom. The van der Waals surface area contributed by atoms with Crippen LogP contribution in [0.15, 0.2) is 35.2 Å². The lowest BCUT2D eigenvalue weighted by atomic mass is 10.2. The van der Waals surface area contributed by atoms with Crippen molar-refractivity contribution in [2.24, 2.45) is 0 Å². The van der Waals surface area contributed by atoms with Crippen molar-refractivity contribution in [3.05, 3.63) is 52.2 Å². The van der Waals surface area contributed by atoms with Crippen LogP contribution in [-0.4, -0.2) is 46.9 Å². The molecule has 1 aliphatic rings. The number of pyridine rings is 1. The van der Waals surface area contributed by atoms with Crippen LogP contribution in [0.25, 0.3) is 0 Å². The van der Waals surface area contributed by atoms with Crippen LogP contribution in [0.4, 0.5) is 0 Å². The average Bonchev–Trinajstić information content (AvgIpc) is 2.97. The molecular weight excluding hydrogens is 337 g/mol. The minimum absolute atomic E-state index is 0.0585. The Bertz CT molecular complexity index is 656. The first-order chi connectivity index (χ1) is 11.1. The number of hydrogen-bond acceptors (Lipinski definition) is 4. The standard InChI is InChI=1S/C16H17Cl2N3O2/c17-13-9-19-10-14(18)12(13)11-20-4-2-5-21(7-6-20)16(22)15-3-1-8-23-15/h1,3,8-10H,2,4-7,11H2. The largest absolute Gasteiger partial charge is 0.459 e. The van der Waals surface area contributed by atoms with Crippen molar-refractivity contribution < 1.29 is 9.21 Å². The van der Waals surface area contributed by atoms with E-state index in [1.807, 2.05) is 4.90 Å². The highest BCUT2D eigenvalue weighted by molar-refractivity contribution is 6.35. The molecule has 0 radical (unpaired) electrons. The summed E-state index contributed by atoms with van der Waals surface area (Å²) in [6.45, 7) is 3.68. The van der Waals surface area contributed by atoms with Gasteiger partial charge in [-0.1, -0.05) is 23.2 Å². The number of carbonyl (C=O) groups excluding carboxylic acids is 1. The summed E-state index contributed by atoms with van der Waals surface area (Å²) in [6.07, 6.45) is 5.62. The smallest absolute Gasteiger partial charge is 0.289 e. The molecule has 3 rings (SSSR count). The number of aromatic nitrogens is 1. The second kappa shape index (κ2) is 7.34. The van der Waals surface area contributed by atoms with Gasteiger partial charge in [-0.25, -0.2) is 0 Å². The molecule has 23 heavy (non-hydrogen) atoms. The summed E-state index contributed by atoms with van der Waals surface area (Å²) in [5.41, 5.74) is 0.883. The molecule has 0 N–H and O–H groups in total. The molecular formula is C16H17Cl2N3O2. The molecule has 2 aromatic rings. The molecule has 7 heteroatoms. The van der Waals surface area contributed by atoms with Gasteiger partial charge in [-0.2, -0.15) is 0 Å². The maximum absolute atomic E-state index is 12.3. The van der Waals surface area contributed by atoms with Crippen LogP contribution in [0.2, 0.25) is 10.0 Å². The number of rotatable bonds is 3. The van der Waals surface area contributed by atoms with E-state index in [1.165, 1.54) is 6.26 Å². The third-order valence-electron chi connectivity index (χ3n) is 3.94. The van der Waals surface area contributed by atoms with Crippen LogP contribution in [0.5, 0.6) is 0 Å². The summed E-state index contributed by atoms with van der Waals surface area (Å²) >= 11 is 12.4. The van der Waals surface area contributed by atoms with Gasteiger partial charge in [-0.15, -0.1) is 0 Å². The Labute approximate surface area is 144 Å². The molecule has 0 saturated carbocycles. The predicted molar refractivity (Wildman–Crippen MR) is 88.8 cm³/mol. The summed E-state index contributed by atoms with van der Waals surface area (Å²) in [4.78, 5) is 20.4. The number of carbonyl (C=O) groups is 1. The monoisotopic (exact) mass is 353 g/mol. The van der Waals surface area contributed by atoms with Crippen molar-refractivity contribution in [1.29, 1.82) is 0 Å². The third-order valence-corrected chi connectivity index (χ3v) is 4.59. The van der Waals surface area contributed by atoms with Gasteiger partial charge in [0, 0.05) is 50.7 Å². The Kier molecular flexibility index (Phi) is 5.20. The van der Waals surface area contributed by atoms with E-state index in [0.717, 1.165) is 25.1 Å². The molecule has 0 aliphatic carbocycles. The van der Waals surface area contributed by atoms with Crippen molar-refractivity contribution in [3.63, 3.8) is 0 Å².